The highest BCUT2D eigenvalue weighted by molar-refractivity contribution is 7.07. The third kappa shape index (κ3) is 4.52. The van der Waals surface area contributed by atoms with Crippen molar-refractivity contribution >= 4 is 23.4 Å². The molecule has 1 unspecified atom stereocenters. The number of hydrogen-bond acceptors (Lipinski definition) is 7. The number of para-hydroxylation sites is 1. The van der Waals surface area contributed by atoms with Crippen molar-refractivity contribution in [3.63, 3.8) is 0 Å². The first-order valence-electron chi connectivity index (χ1n) is 10.8. The molecule has 0 spiro atoms. The van der Waals surface area contributed by atoms with Gasteiger partial charge in [0.2, 0.25) is 0 Å². The number of ether oxygens (including phenoxy) is 2. The summed E-state index contributed by atoms with van der Waals surface area (Å²) in [6.07, 6.45) is 3.33. The second kappa shape index (κ2) is 9.54. The summed E-state index contributed by atoms with van der Waals surface area (Å²) in [5.41, 5.74) is 1.97. The molecule has 7 nitrogen and oxygen atoms in total. The largest absolute Gasteiger partial charge is 0.491 e. The van der Waals surface area contributed by atoms with Gasteiger partial charge in [0.25, 0.3) is 5.56 Å². The van der Waals surface area contributed by atoms with Crippen LogP contribution in [0.25, 0.3) is 6.08 Å². The van der Waals surface area contributed by atoms with Crippen LogP contribution in [-0.2, 0) is 9.53 Å². The molecule has 170 valence electrons. The summed E-state index contributed by atoms with van der Waals surface area (Å²) in [6, 6.07) is 12.2. The van der Waals surface area contributed by atoms with Gasteiger partial charge in [-0.2, -0.15) is 0 Å². The zero-order chi connectivity index (χ0) is 23.5. The van der Waals surface area contributed by atoms with E-state index < -0.39 is 12.0 Å². The standard InChI is InChI=1S/C25H25N3O4S/c1-5-31-24(30)21-16(4)27-25-28(22(21)18-11-6-7-12-19(18)32-15(2)3)23(29)20(33-25)14-17-10-8-9-13-26-17/h6-15,22H,5H2,1-4H3. The van der Waals surface area contributed by atoms with Gasteiger partial charge in [-0.1, -0.05) is 35.6 Å². The van der Waals surface area contributed by atoms with Crippen molar-refractivity contribution in [1.29, 1.82) is 0 Å². The van der Waals surface area contributed by atoms with Crippen molar-refractivity contribution in [3.8, 4) is 5.75 Å². The molecule has 0 radical (unpaired) electrons. The number of carbonyl (C=O) groups excluding carboxylic acids is 1. The van der Waals surface area contributed by atoms with Gasteiger partial charge in [-0.15, -0.1) is 0 Å². The first-order valence-corrected chi connectivity index (χ1v) is 11.6. The van der Waals surface area contributed by atoms with E-state index in [4.69, 9.17) is 9.47 Å². The van der Waals surface area contributed by atoms with Crippen LogP contribution in [0.4, 0.5) is 0 Å². The quantitative estimate of drug-likeness (QED) is 0.525. The summed E-state index contributed by atoms with van der Waals surface area (Å²) in [7, 11) is 0. The number of thiazole rings is 1. The molecule has 8 heteroatoms. The molecular weight excluding hydrogens is 438 g/mol. The molecule has 4 rings (SSSR count). The van der Waals surface area contributed by atoms with Gasteiger partial charge in [0.05, 0.1) is 34.2 Å². The van der Waals surface area contributed by atoms with E-state index in [1.807, 2.05) is 56.3 Å². The molecule has 0 N–H and O–H groups in total. The number of aromatic nitrogens is 2. The molecule has 0 bridgehead atoms. The maximum absolute atomic E-state index is 13.6. The van der Waals surface area contributed by atoms with Crippen LogP contribution in [0.15, 0.2) is 69.7 Å². The SMILES string of the molecule is CCOC(=O)C1=C(C)N=c2sc(=Cc3ccccn3)c(=O)n2C1c1ccccc1OC(C)C. The molecule has 3 aromatic rings. The van der Waals surface area contributed by atoms with Crippen molar-refractivity contribution in [3.05, 3.63) is 90.9 Å². The number of esters is 1. The van der Waals surface area contributed by atoms with E-state index in [0.717, 1.165) is 0 Å². The molecule has 0 saturated carbocycles. The van der Waals surface area contributed by atoms with Gasteiger partial charge >= 0.3 is 5.97 Å². The van der Waals surface area contributed by atoms with Crippen molar-refractivity contribution in [2.24, 2.45) is 4.99 Å². The Morgan fingerprint density at radius 1 is 1.21 bits per heavy atom. The highest BCUT2D eigenvalue weighted by Gasteiger charge is 2.35. The summed E-state index contributed by atoms with van der Waals surface area (Å²) in [5, 5.41) is 0. The van der Waals surface area contributed by atoms with Crippen molar-refractivity contribution < 1.29 is 14.3 Å². The number of hydrogen-bond donors (Lipinski definition) is 0. The highest BCUT2D eigenvalue weighted by atomic mass is 32.1. The molecule has 1 aliphatic heterocycles. The van der Waals surface area contributed by atoms with E-state index in [0.29, 0.717) is 37.6 Å². The molecular formula is C25H25N3O4S. The van der Waals surface area contributed by atoms with Crippen LogP contribution in [0.3, 0.4) is 0 Å². The Hall–Kier alpha value is -3.52. The topological polar surface area (TPSA) is 82.8 Å². The third-order valence-corrected chi connectivity index (χ3v) is 6.04. The van der Waals surface area contributed by atoms with Crippen LogP contribution in [0.5, 0.6) is 5.75 Å². The number of pyridine rings is 1. The molecule has 1 aromatic carbocycles. The number of nitrogens with zero attached hydrogens (tertiary/aromatic N) is 3. The van der Waals surface area contributed by atoms with E-state index in [1.54, 1.807) is 30.7 Å². The lowest BCUT2D eigenvalue weighted by molar-refractivity contribution is -0.139. The first-order chi connectivity index (χ1) is 15.9. The van der Waals surface area contributed by atoms with Gasteiger partial charge in [0.1, 0.15) is 11.8 Å². The maximum Gasteiger partial charge on any atom is 0.338 e. The fourth-order valence-corrected chi connectivity index (χ4v) is 4.78. The zero-order valence-electron chi connectivity index (χ0n) is 18.9. The maximum atomic E-state index is 13.6. The van der Waals surface area contributed by atoms with E-state index >= 15 is 0 Å². The van der Waals surface area contributed by atoms with Crippen LogP contribution < -0.4 is 19.6 Å². The average molecular weight is 464 g/mol. The molecule has 3 heterocycles. The summed E-state index contributed by atoms with van der Waals surface area (Å²) >= 11 is 1.27. The van der Waals surface area contributed by atoms with Gasteiger partial charge in [0, 0.05) is 11.8 Å². The summed E-state index contributed by atoms with van der Waals surface area (Å²) in [6.45, 7) is 7.60. The predicted octanol–water partition coefficient (Wildman–Crippen LogP) is 2.98. The van der Waals surface area contributed by atoms with Gasteiger partial charge in [-0.25, -0.2) is 9.79 Å². The minimum Gasteiger partial charge on any atom is -0.491 e. The van der Waals surface area contributed by atoms with Crippen LogP contribution in [0.2, 0.25) is 0 Å². The molecule has 0 saturated heterocycles. The fraction of sp³-hybridized carbons (Fsp3) is 0.280. The van der Waals surface area contributed by atoms with Gasteiger partial charge in [-0.3, -0.25) is 14.3 Å². The van der Waals surface area contributed by atoms with Gasteiger partial charge < -0.3 is 9.47 Å². The van der Waals surface area contributed by atoms with Crippen LogP contribution in [0, 0.1) is 0 Å². The van der Waals surface area contributed by atoms with E-state index in [9.17, 15) is 9.59 Å². The Morgan fingerprint density at radius 3 is 2.67 bits per heavy atom. The van der Waals surface area contributed by atoms with E-state index in [-0.39, 0.29) is 18.3 Å². The number of benzene rings is 1. The Labute approximate surface area is 195 Å². The second-order valence-electron chi connectivity index (χ2n) is 7.76. The van der Waals surface area contributed by atoms with Crippen LogP contribution in [-0.4, -0.2) is 28.2 Å². The highest BCUT2D eigenvalue weighted by Crippen LogP contribution is 2.36. The molecule has 0 fully saturated rings. The minimum atomic E-state index is -0.721. The number of rotatable bonds is 6. The summed E-state index contributed by atoms with van der Waals surface area (Å²) in [5.74, 6) is 0.107. The Balaban J connectivity index is 1.99. The molecule has 1 aliphatic rings. The lowest BCUT2D eigenvalue weighted by atomic mass is 9.95. The number of allylic oxidation sites excluding steroid dienone is 1. The van der Waals surface area contributed by atoms with Crippen molar-refractivity contribution in [1.82, 2.24) is 9.55 Å². The molecule has 2 aromatic heterocycles. The molecule has 1 atom stereocenters. The zero-order valence-corrected chi connectivity index (χ0v) is 19.8. The van der Waals surface area contributed by atoms with Gasteiger partial charge in [-0.05, 0) is 52.0 Å². The van der Waals surface area contributed by atoms with Crippen LogP contribution >= 0.6 is 11.3 Å². The normalized spacial score (nSPS) is 15.9. The minimum absolute atomic E-state index is 0.0812. The smallest absolute Gasteiger partial charge is 0.338 e. The van der Waals surface area contributed by atoms with E-state index in [1.165, 1.54) is 11.3 Å². The first kappa shape index (κ1) is 22.7. The molecule has 0 aliphatic carbocycles. The van der Waals surface area contributed by atoms with E-state index in [2.05, 4.69) is 9.98 Å². The van der Waals surface area contributed by atoms with Crippen LogP contribution in [0.1, 0.15) is 45.0 Å². The summed E-state index contributed by atoms with van der Waals surface area (Å²) in [4.78, 5) is 36.0. The number of fused-ring (bicyclic) bond motifs is 1. The molecule has 0 amide bonds. The Morgan fingerprint density at radius 2 is 1.97 bits per heavy atom. The molecule has 33 heavy (non-hydrogen) atoms. The lowest BCUT2D eigenvalue weighted by Crippen LogP contribution is -2.40. The second-order valence-corrected chi connectivity index (χ2v) is 8.77. The Bertz CT molecular complexity index is 1390. The monoisotopic (exact) mass is 463 g/mol. The third-order valence-electron chi connectivity index (χ3n) is 5.06. The Kier molecular flexibility index (Phi) is 6.55. The fourth-order valence-electron chi connectivity index (χ4n) is 3.75. The number of carbonyl (C=O) groups is 1. The van der Waals surface area contributed by atoms with Crippen molar-refractivity contribution in [2.45, 2.75) is 39.8 Å². The lowest BCUT2D eigenvalue weighted by Gasteiger charge is -2.26. The van der Waals surface area contributed by atoms with Crippen molar-refractivity contribution in [2.75, 3.05) is 6.61 Å². The summed E-state index contributed by atoms with van der Waals surface area (Å²) < 4.78 is 13.4. The van der Waals surface area contributed by atoms with Gasteiger partial charge in [0.15, 0.2) is 4.80 Å². The predicted molar refractivity (Wildman–Crippen MR) is 127 cm³/mol. The average Bonchev–Trinajstić information content (AvgIpc) is 3.08.